The monoisotopic (exact) mass is 283 g/mol. The summed E-state index contributed by atoms with van der Waals surface area (Å²) in [6.45, 7) is 8.00. The number of benzene rings is 1. The molecule has 1 aromatic heterocycles. The fraction of sp³-hybridized carbons (Fsp3) is 0.500. The third kappa shape index (κ3) is 2.57. The van der Waals surface area contributed by atoms with Gasteiger partial charge < -0.3 is 4.90 Å². The zero-order chi connectivity index (χ0) is 15.0. The summed E-state index contributed by atoms with van der Waals surface area (Å²) in [7, 11) is 1.98. The first-order chi connectivity index (χ1) is 10.1. The Kier molecular flexibility index (Phi) is 3.75. The first-order valence-corrected chi connectivity index (χ1v) is 8.01. The van der Waals surface area contributed by atoms with Gasteiger partial charge in [-0.3, -0.25) is 4.68 Å². The topological polar surface area (TPSA) is 21.1 Å². The summed E-state index contributed by atoms with van der Waals surface area (Å²) in [4.78, 5) is 2.55. The Balaban J connectivity index is 2.11. The van der Waals surface area contributed by atoms with Crippen LogP contribution in [0.3, 0.4) is 0 Å². The highest BCUT2D eigenvalue weighted by Crippen LogP contribution is 2.35. The van der Waals surface area contributed by atoms with Crippen molar-refractivity contribution in [1.82, 2.24) is 9.78 Å². The van der Waals surface area contributed by atoms with E-state index in [0.717, 1.165) is 6.42 Å². The molecule has 3 rings (SSSR count). The van der Waals surface area contributed by atoms with Crippen molar-refractivity contribution in [3.05, 3.63) is 35.7 Å². The molecule has 0 N–H and O–H groups in total. The van der Waals surface area contributed by atoms with Gasteiger partial charge in [-0.1, -0.05) is 6.92 Å². The Morgan fingerprint density at radius 2 is 2.10 bits per heavy atom. The van der Waals surface area contributed by atoms with E-state index in [2.05, 4.69) is 49.1 Å². The van der Waals surface area contributed by atoms with Gasteiger partial charge in [0.2, 0.25) is 0 Å². The third-order valence-corrected chi connectivity index (χ3v) is 4.48. The highest BCUT2D eigenvalue weighted by atomic mass is 15.2. The summed E-state index contributed by atoms with van der Waals surface area (Å²) in [6.07, 6.45) is 7.59. The highest BCUT2D eigenvalue weighted by molar-refractivity contribution is 5.73. The minimum Gasteiger partial charge on any atom is -0.369 e. The molecule has 0 bridgehead atoms. The van der Waals surface area contributed by atoms with Gasteiger partial charge in [0.1, 0.15) is 0 Å². The van der Waals surface area contributed by atoms with Crippen molar-refractivity contribution < 1.29 is 0 Å². The average molecular weight is 283 g/mol. The fourth-order valence-corrected chi connectivity index (χ4v) is 3.36. The lowest BCUT2D eigenvalue weighted by molar-refractivity contribution is 0.625. The molecule has 0 atom stereocenters. The summed E-state index contributed by atoms with van der Waals surface area (Å²) in [6, 6.07) is 5.38. The predicted octanol–water partition coefficient (Wildman–Crippen LogP) is 3.81. The number of hydrogen-bond acceptors (Lipinski definition) is 2. The number of aryl methyl sites for hydroxylation is 3. The number of aromatic nitrogens is 2. The van der Waals surface area contributed by atoms with Gasteiger partial charge in [-0.25, -0.2) is 0 Å². The van der Waals surface area contributed by atoms with Crippen molar-refractivity contribution in [1.29, 1.82) is 0 Å². The molecule has 3 nitrogen and oxygen atoms in total. The van der Waals surface area contributed by atoms with Crippen LogP contribution in [-0.2, 0) is 19.9 Å². The zero-order valence-corrected chi connectivity index (χ0v) is 13.6. The van der Waals surface area contributed by atoms with Crippen molar-refractivity contribution in [2.45, 2.75) is 46.1 Å². The molecule has 0 amide bonds. The second-order valence-corrected chi connectivity index (χ2v) is 6.28. The van der Waals surface area contributed by atoms with Gasteiger partial charge in [0.15, 0.2) is 0 Å². The molecular formula is C18H25N3. The molecular weight excluding hydrogens is 258 g/mol. The Bertz CT molecular complexity index is 640. The van der Waals surface area contributed by atoms with E-state index >= 15 is 0 Å². The second kappa shape index (κ2) is 5.55. The lowest BCUT2D eigenvalue weighted by Crippen LogP contribution is -2.35. The molecule has 0 saturated heterocycles. The van der Waals surface area contributed by atoms with Crippen LogP contribution in [0.2, 0.25) is 0 Å². The molecule has 0 radical (unpaired) electrons. The maximum Gasteiger partial charge on any atom is 0.0568 e. The van der Waals surface area contributed by atoms with Crippen molar-refractivity contribution in [2.24, 2.45) is 7.05 Å². The summed E-state index contributed by atoms with van der Waals surface area (Å²) in [5.41, 5.74) is 6.95. The molecule has 0 spiro atoms. The Morgan fingerprint density at radius 3 is 2.71 bits per heavy atom. The summed E-state index contributed by atoms with van der Waals surface area (Å²) in [5.74, 6) is 0. The van der Waals surface area contributed by atoms with Gasteiger partial charge in [-0.15, -0.1) is 0 Å². The van der Waals surface area contributed by atoms with Gasteiger partial charge in [0.05, 0.1) is 6.20 Å². The van der Waals surface area contributed by atoms with E-state index in [4.69, 9.17) is 0 Å². The van der Waals surface area contributed by atoms with E-state index in [1.165, 1.54) is 47.3 Å². The molecule has 2 aromatic rings. The van der Waals surface area contributed by atoms with Crippen LogP contribution in [-0.4, -0.2) is 22.4 Å². The molecule has 1 aromatic carbocycles. The molecule has 0 unspecified atom stereocenters. The van der Waals surface area contributed by atoms with Crippen LogP contribution in [0.15, 0.2) is 24.5 Å². The SMILES string of the molecule is CCc1cc2c(cc1-c1cnn(C)c1)CCCN2C(C)C. The quantitative estimate of drug-likeness (QED) is 0.854. The number of rotatable bonds is 3. The van der Waals surface area contributed by atoms with Gasteiger partial charge >= 0.3 is 0 Å². The normalized spacial score (nSPS) is 14.6. The van der Waals surface area contributed by atoms with Crippen LogP contribution in [0, 0.1) is 0 Å². The number of nitrogens with zero attached hydrogens (tertiary/aromatic N) is 3. The van der Waals surface area contributed by atoms with Crippen molar-refractivity contribution >= 4 is 5.69 Å². The Hall–Kier alpha value is -1.77. The van der Waals surface area contributed by atoms with Gasteiger partial charge in [-0.2, -0.15) is 5.10 Å². The molecule has 21 heavy (non-hydrogen) atoms. The average Bonchev–Trinajstić information content (AvgIpc) is 2.91. The number of anilines is 1. The van der Waals surface area contributed by atoms with Crippen LogP contribution in [0.5, 0.6) is 0 Å². The van der Waals surface area contributed by atoms with Crippen molar-refractivity contribution in [2.75, 3.05) is 11.4 Å². The smallest absolute Gasteiger partial charge is 0.0568 e. The van der Waals surface area contributed by atoms with Gasteiger partial charge in [-0.05, 0) is 61.9 Å². The lowest BCUT2D eigenvalue weighted by atomic mass is 9.91. The minimum atomic E-state index is 0.568. The lowest BCUT2D eigenvalue weighted by Gasteiger charge is -2.35. The van der Waals surface area contributed by atoms with Crippen molar-refractivity contribution in [3.8, 4) is 11.1 Å². The van der Waals surface area contributed by atoms with E-state index in [-0.39, 0.29) is 0 Å². The molecule has 0 fully saturated rings. The van der Waals surface area contributed by atoms with E-state index in [9.17, 15) is 0 Å². The molecule has 3 heteroatoms. The third-order valence-electron chi connectivity index (χ3n) is 4.48. The van der Waals surface area contributed by atoms with Crippen molar-refractivity contribution in [3.63, 3.8) is 0 Å². The fourth-order valence-electron chi connectivity index (χ4n) is 3.36. The zero-order valence-electron chi connectivity index (χ0n) is 13.6. The molecule has 112 valence electrons. The molecule has 0 saturated carbocycles. The van der Waals surface area contributed by atoms with Gasteiger partial charge in [0.25, 0.3) is 0 Å². The maximum absolute atomic E-state index is 4.33. The largest absolute Gasteiger partial charge is 0.369 e. The van der Waals surface area contributed by atoms with E-state index in [0.29, 0.717) is 6.04 Å². The van der Waals surface area contributed by atoms with E-state index < -0.39 is 0 Å². The van der Waals surface area contributed by atoms with Crippen LogP contribution in [0.1, 0.15) is 38.3 Å². The number of fused-ring (bicyclic) bond motifs is 1. The second-order valence-electron chi connectivity index (χ2n) is 6.28. The van der Waals surface area contributed by atoms with E-state index in [1.54, 1.807) is 0 Å². The minimum absolute atomic E-state index is 0.568. The molecule has 1 aliphatic heterocycles. The molecule has 0 aliphatic carbocycles. The van der Waals surface area contributed by atoms with Crippen LogP contribution in [0.4, 0.5) is 5.69 Å². The first-order valence-electron chi connectivity index (χ1n) is 8.01. The van der Waals surface area contributed by atoms with Gasteiger partial charge in [0, 0.05) is 37.1 Å². The molecule has 1 aliphatic rings. The van der Waals surface area contributed by atoms with Crippen LogP contribution < -0.4 is 4.90 Å². The highest BCUT2D eigenvalue weighted by Gasteiger charge is 2.21. The number of hydrogen-bond donors (Lipinski definition) is 0. The first kappa shape index (κ1) is 14.2. The summed E-state index contributed by atoms with van der Waals surface area (Å²) < 4.78 is 1.88. The predicted molar refractivity (Wildman–Crippen MR) is 88.8 cm³/mol. The van der Waals surface area contributed by atoms with Crippen LogP contribution in [0.25, 0.3) is 11.1 Å². The maximum atomic E-state index is 4.33. The Labute approximate surface area is 127 Å². The summed E-state index contributed by atoms with van der Waals surface area (Å²) >= 11 is 0. The standard InChI is InChI=1S/C18H25N3/c1-5-14-10-18-15(7-6-8-21(18)13(2)3)9-17(14)16-11-19-20(4)12-16/h9-13H,5-8H2,1-4H3. The van der Waals surface area contributed by atoms with Crippen LogP contribution >= 0.6 is 0 Å². The Morgan fingerprint density at radius 1 is 1.29 bits per heavy atom. The summed E-state index contributed by atoms with van der Waals surface area (Å²) in [5, 5.41) is 4.33. The molecule has 2 heterocycles. The van der Waals surface area contributed by atoms with E-state index in [1.807, 2.05) is 17.9 Å².